The Balaban J connectivity index is 2.13. The minimum absolute atomic E-state index is 0.0635. The number of hydrogen-bond donors (Lipinski definition) is 1. The molecular weight excluding hydrogens is 336 g/mol. The monoisotopic (exact) mass is 360 g/mol. The normalized spacial score (nSPS) is 12.5. The van der Waals surface area contributed by atoms with E-state index in [4.69, 9.17) is 0 Å². The third-order valence-electron chi connectivity index (χ3n) is 4.18. The molecule has 0 saturated heterocycles. The second-order valence-corrected chi connectivity index (χ2v) is 8.14. The van der Waals surface area contributed by atoms with Crippen molar-refractivity contribution in [3.8, 4) is 0 Å². The number of sulfonamides is 1. The van der Waals surface area contributed by atoms with Gasteiger partial charge < -0.3 is 5.32 Å². The predicted octanol–water partition coefficient (Wildman–Crippen LogP) is 3.27. The molecule has 1 amide bonds. The third kappa shape index (κ3) is 4.82. The number of nitrogens with one attached hydrogen (secondary N) is 1. The van der Waals surface area contributed by atoms with Crippen LogP contribution in [0.5, 0.6) is 0 Å². The molecule has 2 rings (SSSR count). The number of rotatable bonds is 6. The number of amides is 1. The van der Waals surface area contributed by atoms with Gasteiger partial charge in [-0.2, -0.15) is 0 Å². The number of nitrogens with zero attached hydrogens (tertiary/aromatic N) is 1. The van der Waals surface area contributed by atoms with Crippen molar-refractivity contribution in [3.63, 3.8) is 0 Å². The van der Waals surface area contributed by atoms with Crippen molar-refractivity contribution in [2.24, 2.45) is 0 Å². The number of benzene rings is 2. The molecule has 0 saturated carbocycles. The summed E-state index contributed by atoms with van der Waals surface area (Å²) in [6.07, 6.45) is 1.92. The molecule has 0 heterocycles. The third-order valence-corrected chi connectivity index (χ3v) is 5.39. The fourth-order valence-electron chi connectivity index (χ4n) is 2.48. The predicted molar refractivity (Wildman–Crippen MR) is 101 cm³/mol. The van der Waals surface area contributed by atoms with Crippen molar-refractivity contribution in [1.82, 2.24) is 5.32 Å². The minimum Gasteiger partial charge on any atom is -0.345 e. The molecule has 0 unspecified atom stereocenters. The van der Waals surface area contributed by atoms with E-state index < -0.39 is 10.0 Å². The molecule has 2 aromatic carbocycles. The molecule has 25 heavy (non-hydrogen) atoms. The Morgan fingerprint density at radius 2 is 1.64 bits per heavy atom. The molecule has 5 nitrogen and oxygen atoms in total. The van der Waals surface area contributed by atoms with Crippen molar-refractivity contribution < 1.29 is 13.2 Å². The highest BCUT2D eigenvalue weighted by molar-refractivity contribution is 7.92. The quantitative estimate of drug-likeness (QED) is 0.860. The summed E-state index contributed by atoms with van der Waals surface area (Å²) in [6.45, 7) is 4.05. The molecule has 0 aromatic heterocycles. The van der Waals surface area contributed by atoms with E-state index in [0.717, 1.165) is 18.2 Å². The largest absolute Gasteiger partial charge is 0.345 e. The first kappa shape index (κ1) is 19.0. The summed E-state index contributed by atoms with van der Waals surface area (Å²) in [5.74, 6) is -0.180. The van der Waals surface area contributed by atoms with Crippen LogP contribution in [0.1, 0.15) is 40.9 Å². The van der Waals surface area contributed by atoms with E-state index in [1.165, 1.54) is 16.9 Å². The van der Waals surface area contributed by atoms with Crippen LogP contribution in [0.3, 0.4) is 0 Å². The highest BCUT2D eigenvalue weighted by Gasteiger charge is 2.16. The topological polar surface area (TPSA) is 66.5 Å². The van der Waals surface area contributed by atoms with Gasteiger partial charge in [0.05, 0.1) is 18.0 Å². The van der Waals surface area contributed by atoms with Gasteiger partial charge in [-0.1, -0.05) is 36.8 Å². The standard InChI is InChI=1S/C19H24N2O3S/c1-5-18(15-8-6-14(2)7-9-15)20-19(22)16-10-12-17(13-11-16)21(3)25(4,23)24/h6-13,18H,5H2,1-4H3,(H,20,22)/t18-/m0/s1. The van der Waals surface area contributed by atoms with E-state index in [1.54, 1.807) is 24.3 Å². The van der Waals surface area contributed by atoms with Gasteiger partial charge in [0.25, 0.3) is 5.91 Å². The van der Waals surface area contributed by atoms with Gasteiger partial charge in [0.1, 0.15) is 0 Å². The lowest BCUT2D eigenvalue weighted by Crippen LogP contribution is -2.28. The van der Waals surface area contributed by atoms with Crippen molar-refractivity contribution in [2.75, 3.05) is 17.6 Å². The zero-order valence-corrected chi connectivity index (χ0v) is 15.8. The summed E-state index contributed by atoms with van der Waals surface area (Å²) >= 11 is 0. The maximum atomic E-state index is 12.5. The maximum absolute atomic E-state index is 12.5. The van der Waals surface area contributed by atoms with Crippen molar-refractivity contribution in [1.29, 1.82) is 0 Å². The molecule has 1 atom stereocenters. The van der Waals surface area contributed by atoms with Crippen LogP contribution in [0.4, 0.5) is 5.69 Å². The van der Waals surface area contributed by atoms with Crippen molar-refractivity contribution >= 4 is 21.6 Å². The fourth-order valence-corrected chi connectivity index (χ4v) is 2.98. The lowest BCUT2D eigenvalue weighted by atomic mass is 10.0. The number of hydrogen-bond acceptors (Lipinski definition) is 3. The average Bonchev–Trinajstić information content (AvgIpc) is 2.59. The Kier molecular flexibility index (Phi) is 5.85. The van der Waals surface area contributed by atoms with E-state index in [-0.39, 0.29) is 11.9 Å². The van der Waals surface area contributed by atoms with Gasteiger partial charge in [0.15, 0.2) is 0 Å². The van der Waals surface area contributed by atoms with Gasteiger partial charge in [-0.25, -0.2) is 8.42 Å². The molecule has 134 valence electrons. The Labute approximate surface area is 149 Å². The second-order valence-electron chi connectivity index (χ2n) is 6.12. The molecule has 0 radical (unpaired) electrons. The zero-order valence-electron chi connectivity index (χ0n) is 15.0. The maximum Gasteiger partial charge on any atom is 0.251 e. The van der Waals surface area contributed by atoms with Crippen LogP contribution in [0.15, 0.2) is 48.5 Å². The molecule has 0 aliphatic rings. The van der Waals surface area contributed by atoms with Crippen LogP contribution in [-0.2, 0) is 10.0 Å². The van der Waals surface area contributed by atoms with Gasteiger partial charge in [-0.05, 0) is 43.2 Å². The Hall–Kier alpha value is -2.34. The summed E-state index contributed by atoms with van der Waals surface area (Å²) in [7, 11) is -1.84. The Morgan fingerprint density at radius 1 is 1.08 bits per heavy atom. The van der Waals surface area contributed by atoms with Crippen molar-refractivity contribution in [3.05, 3.63) is 65.2 Å². The highest BCUT2D eigenvalue weighted by Crippen LogP contribution is 2.20. The molecule has 6 heteroatoms. The number of carbonyl (C=O) groups excluding carboxylic acids is 1. The minimum atomic E-state index is -3.32. The fraction of sp³-hybridized carbons (Fsp3) is 0.316. The van der Waals surface area contributed by atoms with Gasteiger partial charge in [-0.3, -0.25) is 9.10 Å². The first-order chi connectivity index (χ1) is 11.7. The van der Waals surface area contributed by atoms with Gasteiger partial charge in [0, 0.05) is 12.6 Å². The SMILES string of the molecule is CC[C@H](NC(=O)c1ccc(N(C)S(C)(=O)=O)cc1)c1ccc(C)cc1. The lowest BCUT2D eigenvalue weighted by molar-refractivity contribution is 0.0935. The first-order valence-electron chi connectivity index (χ1n) is 8.13. The van der Waals surface area contributed by atoms with Crippen LogP contribution < -0.4 is 9.62 Å². The Bertz CT molecular complexity index is 828. The molecule has 0 aliphatic heterocycles. The zero-order chi connectivity index (χ0) is 18.6. The number of anilines is 1. The number of aryl methyl sites for hydroxylation is 1. The van der Waals surface area contributed by atoms with Crippen LogP contribution in [0, 0.1) is 6.92 Å². The van der Waals surface area contributed by atoms with Gasteiger partial charge >= 0.3 is 0 Å². The van der Waals surface area contributed by atoms with Crippen LogP contribution in [0.2, 0.25) is 0 Å². The van der Waals surface area contributed by atoms with E-state index in [2.05, 4.69) is 5.32 Å². The van der Waals surface area contributed by atoms with Crippen LogP contribution in [-0.4, -0.2) is 27.6 Å². The second kappa shape index (κ2) is 7.70. The van der Waals surface area contributed by atoms with Gasteiger partial charge in [-0.15, -0.1) is 0 Å². The average molecular weight is 360 g/mol. The number of carbonyl (C=O) groups is 1. The summed E-state index contributed by atoms with van der Waals surface area (Å²) in [5.41, 5.74) is 3.26. The smallest absolute Gasteiger partial charge is 0.251 e. The highest BCUT2D eigenvalue weighted by atomic mass is 32.2. The van der Waals surface area contributed by atoms with Gasteiger partial charge in [0.2, 0.25) is 10.0 Å². The molecular formula is C19H24N2O3S. The molecule has 0 spiro atoms. The molecule has 2 aromatic rings. The van der Waals surface area contributed by atoms with E-state index >= 15 is 0 Å². The van der Waals surface area contributed by atoms with E-state index in [1.807, 2.05) is 38.1 Å². The Morgan fingerprint density at radius 3 is 2.12 bits per heavy atom. The molecule has 0 bridgehead atoms. The first-order valence-corrected chi connectivity index (χ1v) is 9.98. The summed E-state index contributed by atoms with van der Waals surface area (Å²) in [6, 6.07) is 14.6. The molecule has 0 aliphatic carbocycles. The van der Waals surface area contributed by atoms with Crippen LogP contribution in [0.25, 0.3) is 0 Å². The van der Waals surface area contributed by atoms with E-state index in [0.29, 0.717) is 11.3 Å². The molecule has 1 N–H and O–H groups in total. The molecule has 0 fully saturated rings. The van der Waals surface area contributed by atoms with Crippen LogP contribution >= 0.6 is 0 Å². The lowest BCUT2D eigenvalue weighted by Gasteiger charge is -2.19. The summed E-state index contributed by atoms with van der Waals surface area (Å²) in [5, 5.41) is 3.03. The van der Waals surface area contributed by atoms with Crippen molar-refractivity contribution in [2.45, 2.75) is 26.3 Å². The van der Waals surface area contributed by atoms with E-state index in [9.17, 15) is 13.2 Å². The summed E-state index contributed by atoms with van der Waals surface area (Å²) in [4.78, 5) is 12.5. The summed E-state index contributed by atoms with van der Waals surface area (Å²) < 4.78 is 24.3.